The van der Waals surface area contributed by atoms with Gasteiger partial charge in [-0.3, -0.25) is 4.98 Å². The zero-order valence-corrected chi connectivity index (χ0v) is 16.3. The number of aromatic nitrogens is 1. The number of benzene rings is 4. The lowest BCUT2D eigenvalue weighted by Gasteiger charge is -2.27. The Balaban J connectivity index is 1.44. The molecular formula is C28H22N. The molecule has 0 bridgehead atoms. The van der Waals surface area contributed by atoms with Crippen LogP contribution in [0.15, 0.2) is 85.1 Å². The first-order valence-electron chi connectivity index (χ1n) is 10.5. The molecule has 0 saturated carbocycles. The van der Waals surface area contributed by atoms with E-state index >= 15 is 0 Å². The second-order valence-corrected chi connectivity index (χ2v) is 8.14. The normalized spacial score (nSPS) is 16.3. The average Bonchev–Trinajstić information content (AvgIpc) is 2.79. The van der Waals surface area contributed by atoms with Gasteiger partial charge in [-0.05, 0) is 88.0 Å². The molecule has 5 aromatic rings. The van der Waals surface area contributed by atoms with E-state index in [-0.39, 0.29) is 0 Å². The Bertz CT molecular complexity index is 1370. The fraction of sp³-hybridized carbons (Fsp3) is 0.143. The van der Waals surface area contributed by atoms with E-state index < -0.39 is 0 Å². The highest BCUT2D eigenvalue weighted by atomic mass is 14.6. The Morgan fingerprint density at radius 1 is 0.759 bits per heavy atom. The minimum absolute atomic E-state index is 0.476. The Morgan fingerprint density at radius 2 is 1.66 bits per heavy atom. The molecule has 1 aromatic heterocycles. The van der Waals surface area contributed by atoms with Crippen molar-refractivity contribution in [2.24, 2.45) is 0 Å². The first-order valence-corrected chi connectivity index (χ1v) is 10.5. The summed E-state index contributed by atoms with van der Waals surface area (Å²) in [6.45, 7) is 0. The van der Waals surface area contributed by atoms with Gasteiger partial charge < -0.3 is 0 Å². The average molecular weight is 372 g/mol. The molecule has 0 fully saturated rings. The zero-order chi connectivity index (χ0) is 19.2. The van der Waals surface area contributed by atoms with Crippen LogP contribution in [0.25, 0.3) is 32.4 Å². The molecule has 1 heterocycles. The van der Waals surface area contributed by atoms with E-state index in [4.69, 9.17) is 0 Å². The van der Waals surface area contributed by atoms with Gasteiger partial charge in [-0.25, -0.2) is 0 Å². The maximum Gasteiger partial charge on any atom is 0.0702 e. The quantitative estimate of drug-likeness (QED) is 0.298. The smallest absolute Gasteiger partial charge is 0.0702 e. The molecule has 1 heteroatoms. The van der Waals surface area contributed by atoms with Gasteiger partial charge in [0.05, 0.1) is 5.52 Å². The van der Waals surface area contributed by atoms with Crippen molar-refractivity contribution in [1.29, 1.82) is 0 Å². The van der Waals surface area contributed by atoms with E-state index in [0.29, 0.717) is 5.92 Å². The van der Waals surface area contributed by atoms with Gasteiger partial charge in [0.1, 0.15) is 0 Å². The maximum absolute atomic E-state index is 4.45. The molecule has 29 heavy (non-hydrogen) atoms. The van der Waals surface area contributed by atoms with Crippen LogP contribution in [-0.4, -0.2) is 4.98 Å². The number of pyridine rings is 1. The maximum atomic E-state index is 4.45. The molecule has 0 saturated heterocycles. The van der Waals surface area contributed by atoms with Gasteiger partial charge in [0.15, 0.2) is 0 Å². The molecule has 0 amide bonds. The second-order valence-electron chi connectivity index (χ2n) is 8.14. The van der Waals surface area contributed by atoms with Crippen molar-refractivity contribution >= 4 is 32.4 Å². The summed E-state index contributed by atoms with van der Waals surface area (Å²) >= 11 is 0. The van der Waals surface area contributed by atoms with E-state index in [9.17, 15) is 0 Å². The summed E-state index contributed by atoms with van der Waals surface area (Å²) in [5, 5.41) is 6.72. The van der Waals surface area contributed by atoms with Gasteiger partial charge in [-0.2, -0.15) is 0 Å². The minimum atomic E-state index is 0.476. The second kappa shape index (κ2) is 6.70. The monoisotopic (exact) mass is 372 g/mol. The van der Waals surface area contributed by atoms with Crippen molar-refractivity contribution in [3.05, 3.63) is 108 Å². The summed E-state index contributed by atoms with van der Waals surface area (Å²) in [4.78, 5) is 4.45. The molecule has 1 radical (unpaired) electrons. The van der Waals surface area contributed by atoms with E-state index in [1.165, 1.54) is 57.3 Å². The molecule has 0 spiro atoms. The van der Waals surface area contributed by atoms with Gasteiger partial charge in [-0.15, -0.1) is 0 Å². The predicted molar refractivity (Wildman–Crippen MR) is 122 cm³/mol. The van der Waals surface area contributed by atoms with E-state index in [1.807, 2.05) is 12.3 Å². The van der Waals surface area contributed by atoms with E-state index in [0.717, 1.165) is 5.52 Å². The Hall–Kier alpha value is -3.19. The Labute approximate surface area is 171 Å². The van der Waals surface area contributed by atoms with Crippen LogP contribution in [0, 0.1) is 6.42 Å². The molecule has 1 aliphatic rings. The lowest BCUT2D eigenvalue weighted by atomic mass is 9.77. The summed E-state index contributed by atoms with van der Waals surface area (Å²) in [6, 6.07) is 28.8. The minimum Gasteiger partial charge on any atom is -0.256 e. The molecule has 139 valence electrons. The third kappa shape index (κ3) is 2.81. The van der Waals surface area contributed by atoms with Crippen LogP contribution in [-0.2, 0) is 6.42 Å². The fourth-order valence-electron chi connectivity index (χ4n) is 5.05. The highest BCUT2D eigenvalue weighted by Gasteiger charge is 2.23. The van der Waals surface area contributed by atoms with E-state index in [2.05, 4.69) is 84.2 Å². The van der Waals surface area contributed by atoms with Crippen molar-refractivity contribution in [1.82, 2.24) is 4.98 Å². The zero-order valence-electron chi connectivity index (χ0n) is 16.3. The van der Waals surface area contributed by atoms with Gasteiger partial charge in [0.2, 0.25) is 0 Å². The van der Waals surface area contributed by atoms with Crippen molar-refractivity contribution in [3.8, 4) is 0 Å². The van der Waals surface area contributed by atoms with Crippen molar-refractivity contribution in [2.75, 3.05) is 0 Å². The van der Waals surface area contributed by atoms with Gasteiger partial charge >= 0.3 is 0 Å². The molecule has 4 aromatic carbocycles. The van der Waals surface area contributed by atoms with Crippen LogP contribution in [0.3, 0.4) is 0 Å². The lowest BCUT2D eigenvalue weighted by molar-refractivity contribution is 0.612. The molecular weight excluding hydrogens is 350 g/mol. The third-order valence-electron chi connectivity index (χ3n) is 6.44. The molecule has 0 N–H and O–H groups in total. The summed E-state index contributed by atoms with van der Waals surface area (Å²) in [5.74, 6) is 0.476. The van der Waals surface area contributed by atoms with E-state index in [1.54, 1.807) is 5.56 Å². The summed E-state index contributed by atoms with van der Waals surface area (Å²) in [5.41, 5.74) is 5.40. The van der Waals surface area contributed by atoms with Crippen LogP contribution in [0.4, 0.5) is 0 Å². The van der Waals surface area contributed by atoms with Gasteiger partial charge in [0, 0.05) is 11.6 Å². The lowest BCUT2D eigenvalue weighted by Crippen LogP contribution is -2.11. The molecule has 1 atom stereocenters. The van der Waals surface area contributed by atoms with Crippen molar-refractivity contribution in [3.63, 3.8) is 0 Å². The molecule has 1 unspecified atom stereocenters. The number of nitrogens with zero attached hydrogens (tertiary/aromatic N) is 1. The van der Waals surface area contributed by atoms with Crippen molar-refractivity contribution in [2.45, 2.75) is 25.2 Å². The summed E-state index contributed by atoms with van der Waals surface area (Å²) < 4.78 is 0. The van der Waals surface area contributed by atoms with Crippen LogP contribution in [0.1, 0.15) is 35.4 Å². The Kier molecular flexibility index (Phi) is 3.87. The standard InChI is InChI=1S/C28H22N/c1-2-8-23-20(5-1)11-12-27-25-9-3-6-21(24(25)13-14-26(23)27)17-19-10-15-28-22(18-19)7-4-16-29-28/h1-2,4-5,7-8,10-18,21H,3,6,9H2. The fourth-order valence-corrected chi connectivity index (χ4v) is 5.05. The molecule has 1 aliphatic carbocycles. The highest BCUT2D eigenvalue weighted by Crippen LogP contribution is 2.40. The third-order valence-corrected chi connectivity index (χ3v) is 6.44. The number of aryl methyl sites for hydroxylation is 1. The first-order chi connectivity index (χ1) is 14.4. The van der Waals surface area contributed by atoms with Gasteiger partial charge in [-0.1, -0.05) is 60.7 Å². The molecule has 6 rings (SSSR count). The number of rotatable bonds is 2. The van der Waals surface area contributed by atoms with Gasteiger partial charge in [0.25, 0.3) is 0 Å². The molecule has 1 nitrogen and oxygen atoms in total. The van der Waals surface area contributed by atoms with Crippen LogP contribution in [0.5, 0.6) is 0 Å². The molecule has 0 aliphatic heterocycles. The number of fused-ring (bicyclic) bond motifs is 6. The number of hydrogen-bond acceptors (Lipinski definition) is 1. The largest absolute Gasteiger partial charge is 0.256 e. The van der Waals surface area contributed by atoms with Crippen LogP contribution in [0.2, 0.25) is 0 Å². The number of hydrogen-bond donors (Lipinski definition) is 0. The SMILES string of the molecule is [CH](c1ccc2ncccc2c1)C1CCCc2c1ccc1c2ccc2ccccc21. The van der Waals surface area contributed by atoms with Crippen molar-refractivity contribution < 1.29 is 0 Å². The summed E-state index contributed by atoms with van der Waals surface area (Å²) in [6.07, 6.45) is 7.96. The topological polar surface area (TPSA) is 12.9 Å². The van der Waals surface area contributed by atoms with Crippen LogP contribution < -0.4 is 0 Å². The Morgan fingerprint density at radius 3 is 2.66 bits per heavy atom. The predicted octanol–water partition coefficient (Wildman–Crippen LogP) is 7.21. The van der Waals surface area contributed by atoms with Crippen LogP contribution >= 0.6 is 0 Å². The summed E-state index contributed by atoms with van der Waals surface area (Å²) in [7, 11) is 0. The first kappa shape index (κ1) is 16.7. The highest BCUT2D eigenvalue weighted by molar-refractivity contribution is 6.08.